The number of guanidine groups is 1. The quantitative estimate of drug-likeness (QED) is 0.306. The Labute approximate surface area is 211 Å². The summed E-state index contributed by atoms with van der Waals surface area (Å²) in [5.41, 5.74) is 8.17. The van der Waals surface area contributed by atoms with Crippen molar-refractivity contribution in [3.63, 3.8) is 0 Å². The first kappa shape index (κ1) is 24.9. The molecule has 10 nitrogen and oxygen atoms in total. The van der Waals surface area contributed by atoms with Crippen molar-refractivity contribution in [2.45, 2.75) is 18.3 Å². The van der Waals surface area contributed by atoms with Gasteiger partial charge in [-0.3, -0.25) is 0 Å². The SMILES string of the molecule is CNC(=NC#N)N1CCC(CN(C)c2nc(N)c3cc(OC)c(OC)cc3n2)(c2ccccc2)CC1. The summed E-state index contributed by atoms with van der Waals surface area (Å²) in [5.74, 6) is 2.70. The van der Waals surface area contributed by atoms with Crippen LogP contribution in [0.4, 0.5) is 11.8 Å². The predicted octanol–water partition coefficient (Wildman–Crippen LogP) is 2.76. The molecule has 1 fully saturated rings. The zero-order valence-corrected chi connectivity index (χ0v) is 21.2. The summed E-state index contributed by atoms with van der Waals surface area (Å²) < 4.78 is 10.9. The van der Waals surface area contributed by atoms with Gasteiger partial charge in [0.15, 0.2) is 11.5 Å². The fraction of sp³-hybridized carbons (Fsp3) is 0.385. The number of hydrogen-bond acceptors (Lipinski definition) is 8. The van der Waals surface area contributed by atoms with Crippen molar-refractivity contribution in [3.05, 3.63) is 48.0 Å². The van der Waals surface area contributed by atoms with E-state index in [1.165, 1.54) is 5.56 Å². The average Bonchev–Trinajstić information content (AvgIpc) is 2.92. The maximum absolute atomic E-state index is 9.03. The Kier molecular flexibility index (Phi) is 7.29. The summed E-state index contributed by atoms with van der Waals surface area (Å²) in [7, 11) is 6.96. The Morgan fingerprint density at radius 3 is 2.44 bits per heavy atom. The van der Waals surface area contributed by atoms with Crippen molar-refractivity contribution >= 4 is 28.6 Å². The van der Waals surface area contributed by atoms with Gasteiger partial charge in [-0.05, 0) is 24.5 Å². The number of aliphatic imine (C=N–C) groups is 1. The number of aromatic nitrogens is 2. The number of rotatable bonds is 6. The highest BCUT2D eigenvalue weighted by atomic mass is 16.5. The molecule has 0 amide bonds. The van der Waals surface area contributed by atoms with Gasteiger partial charge >= 0.3 is 0 Å². The zero-order valence-electron chi connectivity index (χ0n) is 21.2. The first-order chi connectivity index (χ1) is 17.4. The number of benzene rings is 2. The molecule has 4 rings (SSSR count). The third kappa shape index (κ3) is 4.77. The molecule has 1 aromatic heterocycles. The van der Waals surface area contributed by atoms with E-state index >= 15 is 0 Å². The maximum Gasteiger partial charge on any atom is 0.227 e. The molecule has 0 radical (unpaired) electrons. The topological polar surface area (TPSA) is 125 Å². The highest BCUT2D eigenvalue weighted by Crippen LogP contribution is 2.38. The first-order valence-electron chi connectivity index (χ1n) is 11.8. The molecule has 1 aliphatic heterocycles. The second kappa shape index (κ2) is 10.6. The van der Waals surface area contributed by atoms with E-state index in [4.69, 9.17) is 25.5 Å². The van der Waals surface area contributed by atoms with E-state index in [1.807, 2.05) is 25.4 Å². The van der Waals surface area contributed by atoms with Gasteiger partial charge in [0, 0.05) is 50.6 Å². The molecule has 3 N–H and O–H groups in total. The number of hydrogen-bond donors (Lipinski definition) is 2. The van der Waals surface area contributed by atoms with Crippen molar-refractivity contribution in [2.24, 2.45) is 4.99 Å². The van der Waals surface area contributed by atoms with E-state index in [0.29, 0.717) is 46.7 Å². The van der Waals surface area contributed by atoms with Gasteiger partial charge in [0.25, 0.3) is 0 Å². The van der Waals surface area contributed by atoms with Crippen molar-refractivity contribution in [1.29, 1.82) is 5.26 Å². The van der Waals surface area contributed by atoms with E-state index < -0.39 is 0 Å². The molecule has 3 aromatic rings. The molecule has 0 saturated carbocycles. The lowest BCUT2D eigenvalue weighted by atomic mass is 9.72. The minimum atomic E-state index is -0.136. The highest BCUT2D eigenvalue weighted by Gasteiger charge is 2.38. The molecule has 2 aromatic carbocycles. The molecular formula is C26H32N8O2. The third-order valence-electron chi connectivity index (χ3n) is 6.89. The molecule has 1 aliphatic rings. The number of nitriles is 1. The average molecular weight is 489 g/mol. The van der Waals surface area contributed by atoms with Crippen molar-refractivity contribution in [3.8, 4) is 17.7 Å². The smallest absolute Gasteiger partial charge is 0.227 e. The minimum absolute atomic E-state index is 0.136. The lowest BCUT2D eigenvalue weighted by molar-refractivity contribution is 0.224. The van der Waals surface area contributed by atoms with Crippen LogP contribution in [0, 0.1) is 11.5 Å². The van der Waals surface area contributed by atoms with Gasteiger partial charge < -0.3 is 30.3 Å². The second-order valence-electron chi connectivity index (χ2n) is 8.91. The number of piperidine rings is 1. The predicted molar refractivity (Wildman–Crippen MR) is 141 cm³/mol. The number of anilines is 2. The number of nitrogens with zero attached hydrogens (tertiary/aromatic N) is 6. The van der Waals surface area contributed by atoms with E-state index in [9.17, 15) is 0 Å². The van der Waals surface area contributed by atoms with Crippen LogP contribution in [0.1, 0.15) is 18.4 Å². The second-order valence-corrected chi connectivity index (χ2v) is 8.91. The fourth-order valence-corrected chi connectivity index (χ4v) is 4.97. The van der Waals surface area contributed by atoms with Crippen LogP contribution >= 0.6 is 0 Å². The summed E-state index contributed by atoms with van der Waals surface area (Å²) in [4.78, 5) is 17.6. The summed E-state index contributed by atoms with van der Waals surface area (Å²) in [5, 5.41) is 12.8. The fourth-order valence-electron chi connectivity index (χ4n) is 4.97. The van der Waals surface area contributed by atoms with E-state index in [0.717, 1.165) is 25.9 Å². The van der Waals surface area contributed by atoms with Gasteiger partial charge in [-0.25, -0.2) is 4.98 Å². The molecule has 1 saturated heterocycles. The van der Waals surface area contributed by atoms with Crippen LogP contribution in [-0.4, -0.2) is 68.8 Å². The summed E-state index contributed by atoms with van der Waals surface area (Å²) in [6.07, 6.45) is 3.64. The lowest BCUT2D eigenvalue weighted by Crippen LogP contribution is -2.52. The van der Waals surface area contributed by atoms with Gasteiger partial charge in [-0.1, -0.05) is 30.3 Å². The van der Waals surface area contributed by atoms with Crippen LogP contribution in [-0.2, 0) is 5.41 Å². The summed E-state index contributed by atoms with van der Waals surface area (Å²) in [6.45, 7) is 2.23. The molecule has 188 valence electrons. The Morgan fingerprint density at radius 2 is 1.83 bits per heavy atom. The largest absolute Gasteiger partial charge is 0.493 e. The molecule has 10 heteroatoms. The number of nitrogen functional groups attached to an aromatic ring is 1. The van der Waals surface area contributed by atoms with Crippen molar-refractivity contribution in [2.75, 3.05) is 58.6 Å². The summed E-state index contributed by atoms with van der Waals surface area (Å²) >= 11 is 0. The van der Waals surface area contributed by atoms with Crippen LogP contribution in [0.5, 0.6) is 11.5 Å². The van der Waals surface area contributed by atoms with Gasteiger partial charge in [0.05, 0.1) is 19.7 Å². The molecule has 0 bridgehead atoms. The van der Waals surface area contributed by atoms with Crippen molar-refractivity contribution < 1.29 is 9.47 Å². The first-order valence-corrected chi connectivity index (χ1v) is 11.8. The van der Waals surface area contributed by atoms with Crippen LogP contribution < -0.4 is 25.4 Å². The normalized spacial score (nSPS) is 15.3. The van der Waals surface area contributed by atoms with Crippen molar-refractivity contribution in [1.82, 2.24) is 20.2 Å². The van der Waals surface area contributed by atoms with Crippen LogP contribution in [0.15, 0.2) is 47.5 Å². The lowest BCUT2D eigenvalue weighted by Gasteiger charge is -2.44. The van der Waals surface area contributed by atoms with Gasteiger partial charge in [0.1, 0.15) is 5.82 Å². The van der Waals surface area contributed by atoms with E-state index in [2.05, 4.69) is 49.4 Å². The number of methoxy groups -OCH3 is 2. The number of nitrogens with one attached hydrogen (secondary N) is 1. The Morgan fingerprint density at radius 1 is 1.17 bits per heavy atom. The molecule has 2 heterocycles. The molecule has 0 spiro atoms. The Bertz CT molecular complexity index is 1280. The number of nitrogens with two attached hydrogens (primary N) is 1. The molecule has 36 heavy (non-hydrogen) atoms. The standard InChI is InChI=1S/C26H32N8O2/c1-29-24(30-17-27)34-12-10-26(11-13-34,18-8-6-5-7-9-18)16-33(2)25-31-20-15-22(36-4)21(35-3)14-19(20)23(28)32-25/h5-9,14-15H,10-13,16H2,1-4H3,(H,29,30)(H2,28,31,32). The Balaban J connectivity index is 1.66. The van der Waals surface area contributed by atoms with Crippen LogP contribution in [0.3, 0.4) is 0 Å². The molecule has 0 atom stereocenters. The number of fused-ring (bicyclic) bond motifs is 1. The summed E-state index contributed by atoms with van der Waals surface area (Å²) in [6, 6.07) is 14.2. The monoisotopic (exact) mass is 488 g/mol. The van der Waals surface area contributed by atoms with Gasteiger partial charge in [0.2, 0.25) is 18.1 Å². The minimum Gasteiger partial charge on any atom is -0.493 e. The number of likely N-dealkylation sites (N-methyl/N-ethyl adjacent to an activating group) is 1. The van der Waals surface area contributed by atoms with Crippen LogP contribution in [0.2, 0.25) is 0 Å². The van der Waals surface area contributed by atoms with E-state index in [1.54, 1.807) is 27.3 Å². The number of likely N-dealkylation sites (tertiary alicyclic amines) is 1. The molecule has 0 aliphatic carbocycles. The molecule has 0 unspecified atom stereocenters. The zero-order chi connectivity index (χ0) is 25.7. The Hall–Kier alpha value is -4.26. The van der Waals surface area contributed by atoms with E-state index in [-0.39, 0.29) is 5.41 Å². The number of ether oxygens (including phenoxy) is 2. The maximum atomic E-state index is 9.03. The molecular weight excluding hydrogens is 456 g/mol. The third-order valence-corrected chi connectivity index (χ3v) is 6.89. The van der Waals surface area contributed by atoms with Crippen LogP contribution in [0.25, 0.3) is 10.9 Å². The highest BCUT2D eigenvalue weighted by molar-refractivity contribution is 5.91. The van der Waals surface area contributed by atoms with Gasteiger partial charge in [-0.2, -0.15) is 10.2 Å². The van der Waals surface area contributed by atoms with Gasteiger partial charge in [-0.15, -0.1) is 4.99 Å².